The summed E-state index contributed by atoms with van der Waals surface area (Å²) in [6.45, 7) is 3.97. The smallest absolute Gasteiger partial charge is 0.354 e. The molecule has 0 spiro atoms. The Morgan fingerprint density at radius 2 is 2.38 bits per heavy atom. The van der Waals surface area contributed by atoms with E-state index in [0.29, 0.717) is 5.56 Å². The van der Waals surface area contributed by atoms with Gasteiger partial charge in [-0.15, -0.1) is 0 Å². The van der Waals surface area contributed by atoms with Crippen molar-refractivity contribution < 1.29 is 9.90 Å². The molecule has 1 aromatic heterocycles. The average molecular weight is 180 g/mol. The Kier molecular flexibility index (Phi) is 2.95. The highest BCUT2D eigenvalue weighted by Crippen LogP contribution is 2.19. The van der Waals surface area contributed by atoms with E-state index in [4.69, 9.17) is 5.11 Å². The third-order valence-corrected chi connectivity index (χ3v) is 2.09. The molecule has 1 atom stereocenters. The van der Waals surface area contributed by atoms with Crippen molar-refractivity contribution >= 4 is 5.97 Å². The molecule has 1 heterocycles. The maximum Gasteiger partial charge on any atom is 0.354 e. The second-order valence-electron chi connectivity index (χ2n) is 2.94. The van der Waals surface area contributed by atoms with Gasteiger partial charge in [0.15, 0.2) is 5.69 Å². The lowest BCUT2D eigenvalue weighted by Gasteiger charge is -2.09. The molecule has 13 heavy (non-hydrogen) atoms. The largest absolute Gasteiger partial charge is 0.477 e. The molecule has 0 saturated heterocycles. The molecule has 0 aliphatic heterocycles. The van der Waals surface area contributed by atoms with Crippen LogP contribution in [0.1, 0.15) is 42.2 Å². The first-order chi connectivity index (χ1) is 6.16. The van der Waals surface area contributed by atoms with Crippen LogP contribution in [0.15, 0.2) is 12.5 Å². The minimum atomic E-state index is -0.988. The zero-order valence-corrected chi connectivity index (χ0v) is 7.69. The van der Waals surface area contributed by atoms with E-state index in [0.717, 1.165) is 6.42 Å². The zero-order valence-electron chi connectivity index (χ0n) is 7.69. The predicted molar refractivity (Wildman–Crippen MR) is 47.7 cm³/mol. The lowest BCUT2D eigenvalue weighted by atomic mass is 9.99. The van der Waals surface area contributed by atoms with Crippen LogP contribution < -0.4 is 0 Å². The van der Waals surface area contributed by atoms with Gasteiger partial charge in [-0.2, -0.15) is 0 Å². The van der Waals surface area contributed by atoms with Gasteiger partial charge in [0.1, 0.15) is 6.33 Å². The number of carbonyl (C=O) groups is 1. The van der Waals surface area contributed by atoms with Crippen molar-refractivity contribution in [2.75, 3.05) is 0 Å². The molecule has 0 aliphatic rings. The molecular weight excluding hydrogens is 168 g/mol. The van der Waals surface area contributed by atoms with Gasteiger partial charge in [0.05, 0.1) is 0 Å². The summed E-state index contributed by atoms with van der Waals surface area (Å²) >= 11 is 0. The molecule has 0 amide bonds. The average Bonchev–Trinajstić information content (AvgIpc) is 2.16. The Labute approximate surface area is 76.7 Å². The molecule has 1 aromatic rings. The summed E-state index contributed by atoms with van der Waals surface area (Å²) in [5, 5.41) is 8.82. The number of aromatic nitrogens is 2. The van der Waals surface area contributed by atoms with Gasteiger partial charge in [0.25, 0.3) is 0 Å². The van der Waals surface area contributed by atoms with Gasteiger partial charge in [-0.25, -0.2) is 14.8 Å². The number of hydrogen-bond acceptors (Lipinski definition) is 3. The van der Waals surface area contributed by atoms with Crippen LogP contribution in [0.25, 0.3) is 0 Å². The molecule has 1 N–H and O–H groups in total. The maximum atomic E-state index is 10.8. The Hall–Kier alpha value is -1.45. The number of carboxylic acid groups (broad SMARTS) is 1. The van der Waals surface area contributed by atoms with Crippen LogP contribution in [0.3, 0.4) is 0 Å². The molecule has 0 bridgehead atoms. The molecule has 4 heteroatoms. The van der Waals surface area contributed by atoms with Gasteiger partial charge in [0.2, 0.25) is 0 Å². The van der Waals surface area contributed by atoms with Crippen molar-refractivity contribution in [3.8, 4) is 0 Å². The molecule has 0 fully saturated rings. The van der Waals surface area contributed by atoms with Crippen molar-refractivity contribution in [3.05, 3.63) is 23.8 Å². The van der Waals surface area contributed by atoms with Crippen molar-refractivity contribution in [2.45, 2.75) is 26.2 Å². The number of aromatic carboxylic acids is 1. The highest BCUT2D eigenvalue weighted by Gasteiger charge is 2.15. The van der Waals surface area contributed by atoms with Crippen LogP contribution in [0.5, 0.6) is 0 Å². The highest BCUT2D eigenvalue weighted by atomic mass is 16.4. The highest BCUT2D eigenvalue weighted by molar-refractivity contribution is 5.87. The molecule has 1 unspecified atom stereocenters. The van der Waals surface area contributed by atoms with Gasteiger partial charge in [-0.05, 0) is 12.3 Å². The third kappa shape index (κ3) is 2.02. The summed E-state index contributed by atoms with van der Waals surface area (Å²) in [6.07, 6.45) is 3.72. The zero-order chi connectivity index (χ0) is 9.84. The molecule has 1 rings (SSSR count). The number of hydrogen-bond donors (Lipinski definition) is 1. The quantitative estimate of drug-likeness (QED) is 0.768. The summed E-state index contributed by atoms with van der Waals surface area (Å²) < 4.78 is 0. The van der Waals surface area contributed by atoms with E-state index in [1.807, 2.05) is 13.8 Å². The fourth-order valence-corrected chi connectivity index (χ4v) is 1.10. The van der Waals surface area contributed by atoms with Crippen molar-refractivity contribution in [1.82, 2.24) is 9.97 Å². The van der Waals surface area contributed by atoms with Gasteiger partial charge in [0, 0.05) is 11.8 Å². The summed E-state index contributed by atoms with van der Waals surface area (Å²) in [6, 6.07) is 0. The Morgan fingerprint density at radius 3 is 2.92 bits per heavy atom. The standard InChI is InChI=1S/C9H12N2O2/c1-3-6(2)7-4-10-5-11-8(7)9(12)13/h4-6H,3H2,1-2H3,(H,12,13). The monoisotopic (exact) mass is 180 g/mol. The SMILES string of the molecule is CCC(C)c1cncnc1C(=O)O. The van der Waals surface area contributed by atoms with Crippen molar-refractivity contribution in [3.63, 3.8) is 0 Å². The van der Waals surface area contributed by atoms with E-state index in [1.54, 1.807) is 6.20 Å². The lowest BCUT2D eigenvalue weighted by molar-refractivity contribution is 0.0688. The van der Waals surface area contributed by atoms with Crippen LogP contribution in [0.4, 0.5) is 0 Å². The van der Waals surface area contributed by atoms with E-state index < -0.39 is 5.97 Å². The second kappa shape index (κ2) is 3.98. The van der Waals surface area contributed by atoms with Gasteiger partial charge in [-0.3, -0.25) is 0 Å². The Balaban J connectivity index is 3.11. The van der Waals surface area contributed by atoms with Crippen LogP contribution >= 0.6 is 0 Å². The molecule has 4 nitrogen and oxygen atoms in total. The second-order valence-corrected chi connectivity index (χ2v) is 2.94. The number of carboxylic acids is 1. The molecule has 0 aromatic carbocycles. The van der Waals surface area contributed by atoms with Crippen LogP contribution in [-0.4, -0.2) is 21.0 Å². The summed E-state index contributed by atoms with van der Waals surface area (Å²) in [4.78, 5) is 18.3. The van der Waals surface area contributed by atoms with Crippen LogP contribution in [-0.2, 0) is 0 Å². The molecular formula is C9H12N2O2. The summed E-state index contributed by atoms with van der Waals surface area (Å²) in [7, 11) is 0. The van der Waals surface area contributed by atoms with Gasteiger partial charge >= 0.3 is 5.97 Å². The van der Waals surface area contributed by atoms with Gasteiger partial charge < -0.3 is 5.11 Å². The van der Waals surface area contributed by atoms with Crippen molar-refractivity contribution in [1.29, 1.82) is 0 Å². The Morgan fingerprint density at radius 1 is 1.69 bits per heavy atom. The summed E-state index contributed by atoms with van der Waals surface area (Å²) in [5.41, 5.74) is 0.821. The van der Waals surface area contributed by atoms with E-state index in [9.17, 15) is 4.79 Å². The lowest BCUT2D eigenvalue weighted by Crippen LogP contribution is -2.08. The Bertz CT molecular complexity index is 312. The van der Waals surface area contributed by atoms with Gasteiger partial charge in [-0.1, -0.05) is 13.8 Å². The molecule has 70 valence electrons. The first-order valence-electron chi connectivity index (χ1n) is 4.20. The minimum absolute atomic E-state index is 0.115. The fraction of sp³-hybridized carbons (Fsp3) is 0.444. The molecule has 0 radical (unpaired) electrons. The van der Waals surface area contributed by atoms with E-state index in [1.165, 1.54) is 6.33 Å². The van der Waals surface area contributed by atoms with E-state index in [-0.39, 0.29) is 11.6 Å². The van der Waals surface area contributed by atoms with Crippen LogP contribution in [0.2, 0.25) is 0 Å². The number of nitrogens with zero attached hydrogens (tertiary/aromatic N) is 2. The molecule has 0 saturated carbocycles. The molecule has 0 aliphatic carbocycles. The van der Waals surface area contributed by atoms with E-state index in [2.05, 4.69) is 9.97 Å². The normalized spacial score (nSPS) is 12.5. The third-order valence-electron chi connectivity index (χ3n) is 2.09. The summed E-state index contributed by atoms with van der Waals surface area (Å²) in [5.74, 6) is -0.801. The first kappa shape index (κ1) is 9.64. The number of rotatable bonds is 3. The van der Waals surface area contributed by atoms with Crippen molar-refractivity contribution in [2.24, 2.45) is 0 Å². The van der Waals surface area contributed by atoms with Crippen LogP contribution in [0, 0.1) is 0 Å². The fourth-order valence-electron chi connectivity index (χ4n) is 1.10. The maximum absolute atomic E-state index is 10.8. The predicted octanol–water partition coefficient (Wildman–Crippen LogP) is 1.69. The van der Waals surface area contributed by atoms with E-state index >= 15 is 0 Å². The minimum Gasteiger partial charge on any atom is -0.477 e. The first-order valence-corrected chi connectivity index (χ1v) is 4.20. The topological polar surface area (TPSA) is 63.1 Å².